The molecule has 2 aliphatic carbocycles. The van der Waals surface area contributed by atoms with Crippen molar-refractivity contribution < 1.29 is 9.84 Å². The van der Waals surface area contributed by atoms with E-state index in [4.69, 9.17) is 20.4 Å². The van der Waals surface area contributed by atoms with Gasteiger partial charge in [-0.2, -0.15) is 10.5 Å². The van der Waals surface area contributed by atoms with Crippen molar-refractivity contribution in [1.82, 2.24) is 9.78 Å². The van der Waals surface area contributed by atoms with E-state index >= 15 is 0 Å². The van der Waals surface area contributed by atoms with Crippen LogP contribution >= 0.6 is 11.3 Å². The lowest BCUT2D eigenvalue weighted by Crippen LogP contribution is -2.39. The van der Waals surface area contributed by atoms with Crippen molar-refractivity contribution in [1.29, 1.82) is 10.5 Å². The highest BCUT2D eigenvalue weighted by atomic mass is 32.1. The summed E-state index contributed by atoms with van der Waals surface area (Å²) in [7, 11) is 1.49. The van der Waals surface area contributed by atoms with Gasteiger partial charge in [0.1, 0.15) is 23.5 Å². The van der Waals surface area contributed by atoms with E-state index in [0.29, 0.717) is 46.9 Å². The van der Waals surface area contributed by atoms with Crippen LogP contribution in [0, 0.1) is 28.6 Å². The van der Waals surface area contributed by atoms with E-state index in [0.717, 1.165) is 18.0 Å². The van der Waals surface area contributed by atoms with Gasteiger partial charge in [0.05, 0.1) is 19.4 Å². The predicted molar refractivity (Wildman–Crippen MR) is 132 cm³/mol. The molecule has 0 spiro atoms. The second-order valence-electron chi connectivity index (χ2n) is 8.64. The molecule has 0 saturated heterocycles. The number of allylic oxidation sites excluding steroid dienone is 4. The van der Waals surface area contributed by atoms with Gasteiger partial charge in [-0.25, -0.2) is 4.68 Å². The van der Waals surface area contributed by atoms with E-state index in [1.54, 1.807) is 18.2 Å². The third kappa shape index (κ3) is 6.22. The fraction of sp³-hybridized carbons (Fsp3) is 0.542. The average Bonchev–Trinajstić information content (AvgIpc) is 3.24. The topological polar surface area (TPSA) is 123 Å². The number of rotatable bonds is 8. The summed E-state index contributed by atoms with van der Waals surface area (Å²) in [5.41, 5.74) is 0.948. The molecule has 0 aliphatic heterocycles. The van der Waals surface area contributed by atoms with E-state index in [1.807, 2.05) is 16.8 Å². The second-order valence-corrected chi connectivity index (χ2v) is 9.57. The molecule has 1 saturated carbocycles. The first-order valence-electron chi connectivity index (χ1n) is 11.6. The maximum absolute atomic E-state index is 9.68. The fourth-order valence-corrected chi connectivity index (χ4v) is 5.05. The molecule has 0 radical (unpaired) electrons. The smallest absolute Gasteiger partial charge is 0.230 e. The first-order valence-corrected chi connectivity index (χ1v) is 12.4. The number of methoxy groups -OCH3 is 1. The Bertz CT molecular complexity index is 1120. The maximum Gasteiger partial charge on any atom is 0.230 e. The molecule has 1 aromatic rings. The Hall–Kier alpha value is -3.21. The minimum Gasteiger partial charge on any atom is -0.496 e. The number of nitriles is 2. The number of anilines is 1. The minimum absolute atomic E-state index is 0.0195. The molecule has 0 atom stereocenters. The van der Waals surface area contributed by atoms with Crippen molar-refractivity contribution in [2.24, 2.45) is 16.1 Å². The van der Waals surface area contributed by atoms with Crippen molar-refractivity contribution in [3.63, 3.8) is 0 Å². The molecule has 1 fully saturated rings. The molecule has 1 aromatic heterocycles. The largest absolute Gasteiger partial charge is 0.496 e. The van der Waals surface area contributed by atoms with Crippen LogP contribution in [0.4, 0.5) is 5.13 Å². The number of nitrogens with zero attached hydrogens (tertiary/aromatic N) is 7. The second kappa shape index (κ2) is 12.3. The molecule has 0 aromatic carbocycles. The summed E-state index contributed by atoms with van der Waals surface area (Å²) >= 11 is 1.47. The van der Waals surface area contributed by atoms with Gasteiger partial charge < -0.3 is 14.7 Å². The molecule has 3 rings (SSSR count). The van der Waals surface area contributed by atoms with Crippen LogP contribution in [0.3, 0.4) is 0 Å². The van der Waals surface area contributed by atoms with Gasteiger partial charge in [-0.1, -0.05) is 44.4 Å². The zero-order valence-corrected chi connectivity index (χ0v) is 20.8. The van der Waals surface area contributed by atoms with Gasteiger partial charge in [0.25, 0.3) is 0 Å². The Balaban J connectivity index is 1.98. The van der Waals surface area contributed by atoms with Crippen LogP contribution in [0.2, 0.25) is 0 Å². The van der Waals surface area contributed by atoms with E-state index in [-0.39, 0.29) is 12.2 Å². The first kappa shape index (κ1) is 25.4. The number of aromatic nitrogens is 2. The van der Waals surface area contributed by atoms with Crippen LogP contribution in [0.1, 0.15) is 46.0 Å². The molecular weight excluding hydrogens is 450 g/mol. The van der Waals surface area contributed by atoms with Gasteiger partial charge in [-0.3, -0.25) is 0 Å². The van der Waals surface area contributed by atoms with Crippen LogP contribution in [0.5, 0.6) is 0 Å². The Morgan fingerprint density at radius 3 is 2.62 bits per heavy atom. The Morgan fingerprint density at radius 1 is 1.26 bits per heavy atom. The normalized spacial score (nSPS) is 18.1. The van der Waals surface area contributed by atoms with Crippen molar-refractivity contribution in [3.8, 4) is 12.1 Å². The third-order valence-corrected chi connectivity index (χ3v) is 6.65. The van der Waals surface area contributed by atoms with Gasteiger partial charge in [0, 0.05) is 30.8 Å². The highest BCUT2D eigenvalue weighted by molar-refractivity contribution is 7.13. The highest BCUT2D eigenvalue weighted by Gasteiger charge is 2.24. The van der Waals surface area contributed by atoms with E-state index < -0.39 is 0 Å². The van der Waals surface area contributed by atoms with Crippen LogP contribution in [-0.2, 0) is 11.3 Å². The summed E-state index contributed by atoms with van der Waals surface area (Å²) in [5, 5.41) is 42.6. The molecule has 2 aliphatic rings. The quantitative estimate of drug-likeness (QED) is 0.448. The number of hydrogen-bond acceptors (Lipinski definition) is 9. The highest BCUT2D eigenvalue weighted by Crippen LogP contribution is 2.27. The molecule has 0 unspecified atom stereocenters. The van der Waals surface area contributed by atoms with Crippen LogP contribution in [-0.4, -0.2) is 46.9 Å². The monoisotopic (exact) mass is 481 g/mol. The number of hydrogen-bond donors (Lipinski definition) is 1. The first-order chi connectivity index (χ1) is 16.5. The molecule has 34 heavy (non-hydrogen) atoms. The van der Waals surface area contributed by atoms with E-state index in [1.165, 1.54) is 37.7 Å². The Kier molecular flexibility index (Phi) is 9.20. The van der Waals surface area contributed by atoms with Gasteiger partial charge in [0.2, 0.25) is 9.93 Å². The van der Waals surface area contributed by atoms with Gasteiger partial charge in [0.15, 0.2) is 0 Å². The molecular formula is C24H31N7O2S. The average molecular weight is 482 g/mol. The summed E-state index contributed by atoms with van der Waals surface area (Å²) in [5.74, 6) is 0.765. The van der Waals surface area contributed by atoms with E-state index in [2.05, 4.69) is 29.0 Å². The molecule has 0 amide bonds. The lowest BCUT2D eigenvalue weighted by atomic mass is 9.94. The van der Waals surface area contributed by atoms with Crippen molar-refractivity contribution in [2.75, 3.05) is 25.2 Å². The Morgan fingerprint density at radius 2 is 2.00 bits per heavy atom. The number of ether oxygens (including phenoxy) is 1. The summed E-state index contributed by atoms with van der Waals surface area (Å²) in [6.45, 7) is 5.58. The molecule has 0 bridgehead atoms. The maximum atomic E-state index is 9.68. The SMILES string of the molecule is COC1=CC(=NN=c2sc(N(CCO)C3CCCCC3)nn2CC(C)C)C=CC1=C(C#N)C#N. The Labute approximate surface area is 204 Å². The molecule has 180 valence electrons. The van der Waals surface area contributed by atoms with Crippen molar-refractivity contribution in [2.45, 2.75) is 58.5 Å². The lowest BCUT2D eigenvalue weighted by Gasteiger charge is -2.33. The minimum atomic E-state index is -0.0195. The van der Waals surface area contributed by atoms with Gasteiger partial charge in [-0.05, 0) is 30.9 Å². The van der Waals surface area contributed by atoms with E-state index in [9.17, 15) is 5.11 Å². The molecule has 1 heterocycles. The van der Waals surface area contributed by atoms with Gasteiger partial charge >= 0.3 is 0 Å². The predicted octanol–water partition coefficient (Wildman–Crippen LogP) is 3.43. The molecule has 10 heteroatoms. The summed E-state index contributed by atoms with van der Waals surface area (Å²) in [6.07, 6.45) is 10.9. The zero-order chi connectivity index (χ0) is 24.5. The van der Waals surface area contributed by atoms with Crippen molar-refractivity contribution >= 4 is 22.2 Å². The number of aliphatic hydroxyl groups excluding tert-OH is 1. The third-order valence-electron chi connectivity index (χ3n) is 5.68. The van der Waals surface area contributed by atoms with Crippen LogP contribution in [0.15, 0.2) is 45.3 Å². The summed E-state index contributed by atoms with van der Waals surface area (Å²) < 4.78 is 7.24. The molecule has 1 N–H and O–H groups in total. The zero-order valence-electron chi connectivity index (χ0n) is 19.9. The summed E-state index contributed by atoms with van der Waals surface area (Å²) in [6, 6.07) is 4.15. The standard InChI is InChI=1S/C24H31N7O2S/c1-17(2)16-31-23(34-24(29-31)30(11-12-32)20-7-5-4-6-8-20)28-27-19-9-10-21(18(14-25)15-26)22(13-19)33-3/h9-10,13,17,20,32H,4-8,11-12,16H2,1-3H3. The van der Waals surface area contributed by atoms with Crippen LogP contribution in [0.25, 0.3) is 0 Å². The lowest BCUT2D eigenvalue weighted by molar-refractivity contribution is 0.289. The number of aliphatic hydroxyl groups is 1. The fourth-order valence-electron chi connectivity index (χ4n) is 4.08. The molecule has 9 nitrogen and oxygen atoms in total. The van der Waals surface area contributed by atoms with Crippen LogP contribution < -0.4 is 9.70 Å². The van der Waals surface area contributed by atoms with Crippen molar-refractivity contribution in [3.05, 3.63) is 39.9 Å². The van der Waals surface area contributed by atoms with Gasteiger partial charge in [-0.15, -0.1) is 15.3 Å². The summed E-state index contributed by atoms with van der Waals surface area (Å²) in [4.78, 5) is 2.89.